The number of rotatable bonds is 3. The molecule has 0 aliphatic heterocycles. The van der Waals surface area contributed by atoms with E-state index in [4.69, 9.17) is 23.8 Å². The van der Waals surface area contributed by atoms with Crippen LogP contribution in [0.25, 0.3) is 11.2 Å². The van der Waals surface area contributed by atoms with E-state index in [-0.39, 0.29) is 17.4 Å². The minimum atomic E-state index is -0.265. The SMILES string of the molecule is Cn1c(CC(=O)NNC(=S)Nc2ccc(Cl)cc2)nc2cccnc21. The summed E-state index contributed by atoms with van der Waals surface area (Å²) in [5.41, 5.74) is 7.44. The number of hydrogen-bond donors (Lipinski definition) is 3. The maximum atomic E-state index is 12.1. The minimum absolute atomic E-state index is 0.101. The standard InChI is InChI=1S/C16H15ClN6OS/c1-23-13(20-12-3-2-8-18-15(12)23)9-14(24)21-22-16(25)19-11-6-4-10(17)5-7-11/h2-8H,9H2,1H3,(H,21,24)(H2,19,22,25). The van der Waals surface area contributed by atoms with Crippen molar-refractivity contribution in [2.75, 3.05) is 5.32 Å². The van der Waals surface area contributed by atoms with Gasteiger partial charge in [0.05, 0.1) is 6.42 Å². The summed E-state index contributed by atoms with van der Waals surface area (Å²) in [5, 5.41) is 3.84. The molecule has 128 valence electrons. The molecule has 2 aromatic heterocycles. The molecule has 0 unspecified atom stereocenters. The molecule has 3 N–H and O–H groups in total. The third-order valence-corrected chi connectivity index (χ3v) is 3.91. The minimum Gasteiger partial charge on any atom is -0.331 e. The quantitative estimate of drug-likeness (QED) is 0.481. The third kappa shape index (κ3) is 4.23. The highest BCUT2D eigenvalue weighted by molar-refractivity contribution is 7.80. The second kappa shape index (κ2) is 7.45. The topological polar surface area (TPSA) is 83.9 Å². The number of nitrogens with one attached hydrogen (secondary N) is 3. The van der Waals surface area contributed by atoms with Crippen molar-refractivity contribution in [3.8, 4) is 0 Å². The highest BCUT2D eigenvalue weighted by Crippen LogP contribution is 2.13. The summed E-state index contributed by atoms with van der Waals surface area (Å²) in [6.45, 7) is 0. The molecule has 0 radical (unpaired) electrons. The second-order valence-electron chi connectivity index (χ2n) is 5.24. The van der Waals surface area contributed by atoms with Gasteiger partial charge in [0, 0.05) is 24.0 Å². The molecule has 3 rings (SSSR count). The molecular formula is C16H15ClN6OS. The monoisotopic (exact) mass is 374 g/mol. The zero-order chi connectivity index (χ0) is 17.8. The van der Waals surface area contributed by atoms with Crippen molar-refractivity contribution in [2.24, 2.45) is 7.05 Å². The van der Waals surface area contributed by atoms with Crippen LogP contribution in [0.3, 0.4) is 0 Å². The lowest BCUT2D eigenvalue weighted by molar-refractivity contribution is -0.121. The Morgan fingerprint density at radius 3 is 2.72 bits per heavy atom. The lowest BCUT2D eigenvalue weighted by Crippen LogP contribution is -2.44. The Morgan fingerprint density at radius 2 is 2.00 bits per heavy atom. The molecule has 0 saturated carbocycles. The first-order valence-corrected chi connectivity index (χ1v) is 8.19. The van der Waals surface area contributed by atoms with E-state index in [9.17, 15) is 4.79 Å². The Labute approximate surface area is 154 Å². The van der Waals surface area contributed by atoms with Crippen molar-refractivity contribution in [3.63, 3.8) is 0 Å². The molecule has 7 nitrogen and oxygen atoms in total. The number of aromatic nitrogens is 3. The maximum absolute atomic E-state index is 12.1. The van der Waals surface area contributed by atoms with Crippen LogP contribution in [0.2, 0.25) is 5.02 Å². The van der Waals surface area contributed by atoms with E-state index in [1.54, 1.807) is 35.0 Å². The van der Waals surface area contributed by atoms with Crippen molar-refractivity contribution < 1.29 is 4.79 Å². The highest BCUT2D eigenvalue weighted by atomic mass is 35.5. The van der Waals surface area contributed by atoms with Gasteiger partial charge in [0.1, 0.15) is 11.3 Å². The number of aryl methyl sites for hydroxylation is 1. The van der Waals surface area contributed by atoms with Crippen LogP contribution in [-0.2, 0) is 18.3 Å². The summed E-state index contributed by atoms with van der Waals surface area (Å²) in [4.78, 5) is 20.7. The molecule has 0 aliphatic rings. The van der Waals surface area contributed by atoms with Crippen LogP contribution >= 0.6 is 23.8 Å². The molecule has 1 amide bonds. The zero-order valence-electron chi connectivity index (χ0n) is 13.3. The lowest BCUT2D eigenvalue weighted by Gasteiger charge is -2.11. The lowest BCUT2D eigenvalue weighted by atomic mass is 10.3. The largest absolute Gasteiger partial charge is 0.331 e. The Hall–Kier alpha value is -2.71. The number of carbonyl (C=O) groups excluding carboxylic acids is 1. The summed E-state index contributed by atoms with van der Waals surface area (Å²) in [6.07, 6.45) is 1.79. The van der Waals surface area contributed by atoms with Crippen molar-refractivity contribution in [3.05, 3.63) is 53.4 Å². The van der Waals surface area contributed by atoms with Crippen molar-refractivity contribution in [1.82, 2.24) is 25.4 Å². The molecule has 0 spiro atoms. The predicted octanol–water partition coefficient (Wildman–Crippen LogP) is 2.18. The Balaban J connectivity index is 1.54. The predicted molar refractivity (Wildman–Crippen MR) is 101 cm³/mol. The number of amides is 1. The molecule has 0 fully saturated rings. The third-order valence-electron chi connectivity index (χ3n) is 3.46. The van der Waals surface area contributed by atoms with Crippen LogP contribution in [0.5, 0.6) is 0 Å². The summed E-state index contributed by atoms with van der Waals surface area (Å²) < 4.78 is 1.79. The molecule has 0 saturated heterocycles. The number of benzene rings is 1. The summed E-state index contributed by atoms with van der Waals surface area (Å²) in [6, 6.07) is 10.7. The van der Waals surface area contributed by atoms with Gasteiger partial charge in [-0.3, -0.25) is 15.6 Å². The van der Waals surface area contributed by atoms with Crippen LogP contribution in [0, 0.1) is 0 Å². The Kier molecular flexibility index (Phi) is 5.11. The fraction of sp³-hybridized carbons (Fsp3) is 0.125. The number of halogens is 1. The molecule has 1 aromatic carbocycles. The van der Waals surface area contributed by atoms with Crippen LogP contribution in [-0.4, -0.2) is 25.6 Å². The number of hydrogen-bond acceptors (Lipinski definition) is 4. The van der Waals surface area contributed by atoms with Gasteiger partial charge in [-0.25, -0.2) is 9.97 Å². The van der Waals surface area contributed by atoms with Crippen molar-refractivity contribution in [1.29, 1.82) is 0 Å². The summed E-state index contributed by atoms with van der Waals surface area (Å²) in [5.74, 6) is 0.350. The van der Waals surface area contributed by atoms with Crippen molar-refractivity contribution >= 4 is 51.7 Å². The number of nitrogens with zero attached hydrogens (tertiary/aromatic N) is 3. The number of imidazole rings is 1. The second-order valence-corrected chi connectivity index (χ2v) is 6.09. The Bertz CT molecular complexity index is 924. The van der Waals surface area contributed by atoms with Gasteiger partial charge in [-0.1, -0.05) is 11.6 Å². The first kappa shape index (κ1) is 17.1. The van der Waals surface area contributed by atoms with Crippen LogP contribution < -0.4 is 16.2 Å². The normalized spacial score (nSPS) is 10.5. The summed E-state index contributed by atoms with van der Waals surface area (Å²) >= 11 is 11.0. The zero-order valence-corrected chi connectivity index (χ0v) is 14.9. The number of hydrazine groups is 1. The van der Waals surface area contributed by atoms with E-state index in [2.05, 4.69) is 26.1 Å². The van der Waals surface area contributed by atoms with Gasteiger partial charge in [-0.15, -0.1) is 0 Å². The highest BCUT2D eigenvalue weighted by Gasteiger charge is 2.12. The molecule has 2 heterocycles. The number of fused-ring (bicyclic) bond motifs is 1. The van der Waals surface area contributed by atoms with Gasteiger partial charge >= 0.3 is 0 Å². The number of carbonyl (C=O) groups is 1. The van der Waals surface area contributed by atoms with Gasteiger partial charge in [0.25, 0.3) is 0 Å². The van der Waals surface area contributed by atoms with Gasteiger partial charge < -0.3 is 9.88 Å². The number of pyridine rings is 1. The molecule has 25 heavy (non-hydrogen) atoms. The number of thiocarbonyl (C=S) groups is 1. The van der Waals surface area contributed by atoms with E-state index in [1.807, 2.05) is 19.2 Å². The average molecular weight is 375 g/mol. The number of anilines is 1. The molecule has 0 bridgehead atoms. The first-order valence-electron chi connectivity index (χ1n) is 7.40. The van der Waals surface area contributed by atoms with Gasteiger partial charge in [-0.2, -0.15) is 0 Å². The van der Waals surface area contributed by atoms with Crippen LogP contribution in [0.4, 0.5) is 5.69 Å². The average Bonchev–Trinajstić information content (AvgIpc) is 2.91. The van der Waals surface area contributed by atoms with Gasteiger partial charge in [0.2, 0.25) is 5.91 Å². The van der Waals surface area contributed by atoms with Crippen molar-refractivity contribution in [2.45, 2.75) is 6.42 Å². The van der Waals surface area contributed by atoms with Gasteiger partial charge in [-0.05, 0) is 48.6 Å². The van der Waals surface area contributed by atoms with E-state index in [0.29, 0.717) is 10.8 Å². The molecular weight excluding hydrogens is 360 g/mol. The molecule has 0 aliphatic carbocycles. The van der Waals surface area contributed by atoms with E-state index in [0.717, 1.165) is 16.9 Å². The van der Waals surface area contributed by atoms with E-state index < -0.39 is 0 Å². The van der Waals surface area contributed by atoms with Crippen LogP contribution in [0.1, 0.15) is 5.82 Å². The smallest absolute Gasteiger partial charge is 0.245 e. The first-order chi connectivity index (χ1) is 12.0. The van der Waals surface area contributed by atoms with Gasteiger partial charge in [0.15, 0.2) is 10.8 Å². The molecule has 9 heteroatoms. The van der Waals surface area contributed by atoms with Crippen LogP contribution in [0.15, 0.2) is 42.6 Å². The maximum Gasteiger partial charge on any atom is 0.245 e. The fourth-order valence-corrected chi connectivity index (χ4v) is 2.53. The molecule has 0 atom stereocenters. The summed E-state index contributed by atoms with van der Waals surface area (Å²) in [7, 11) is 1.82. The van der Waals surface area contributed by atoms with E-state index >= 15 is 0 Å². The Morgan fingerprint density at radius 1 is 1.24 bits per heavy atom. The fourth-order valence-electron chi connectivity index (χ4n) is 2.24. The molecule has 3 aromatic rings. The van der Waals surface area contributed by atoms with E-state index in [1.165, 1.54) is 0 Å².